The van der Waals surface area contributed by atoms with E-state index in [2.05, 4.69) is 30.7 Å². The molecule has 12 nitrogen and oxygen atoms in total. The molecule has 0 radical (unpaired) electrons. The van der Waals surface area contributed by atoms with Crippen molar-refractivity contribution in [2.24, 2.45) is 30.7 Å². The third kappa shape index (κ3) is 6.85. The quantitative estimate of drug-likeness (QED) is 0.301. The first-order chi connectivity index (χ1) is 18.3. The van der Waals surface area contributed by atoms with Crippen molar-refractivity contribution < 1.29 is 28.6 Å². The van der Waals surface area contributed by atoms with Crippen molar-refractivity contribution in [1.82, 2.24) is 0 Å². The molecule has 0 fully saturated rings. The van der Waals surface area contributed by atoms with Gasteiger partial charge in [-0.05, 0) is 36.4 Å². The van der Waals surface area contributed by atoms with E-state index in [0.29, 0.717) is 0 Å². The molecule has 0 heterocycles. The molecule has 0 aliphatic heterocycles. The third-order valence-electron chi connectivity index (χ3n) is 5.00. The summed E-state index contributed by atoms with van der Waals surface area (Å²) < 4.78 is 15.6. The number of amides is 3. The lowest BCUT2D eigenvalue weighted by atomic mass is 10.2. The van der Waals surface area contributed by atoms with Crippen molar-refractivity contribution in [3.63, 3.8) is 0 Å². The number of methoxy groups -OCH3 is 3. The average molecular weight is 533 g/mol. The highest BCUT2D eigenvalue weighted by Crippen LogP contribution is 2.23. The van der Waals surface area contributed by atoms with Gasteiger partial charge in [-0.15, -0.1) is 30.7 Å². The zero-order valence-electron chi connectivity index (χ0n) is 21.1. The summed E-state index contributed by atoms with van der Waals surface area (Å²) in [6.07, 6.45) is 0. The fraction of sp³-hybridized carbons (Fsp3) is 0.160. The van der Waals surface area contributed by atoms with Crippen LogP contribution in [0.25, 0.3) is 0 Å². The number of azo groups is 3. The zero-order chi connectivity index (χ0) is 27.5. The molecule has 0 aliphatic rings. The fourth-order valence-electron chi connectivity index (χ4n) is 3.11. The Kier molecular flexibility index (Phi) is 9.37. The number of rotatable bonds is 9. The Morgan fingerprint density at radius 1 is 0.553 bits per heavy atom. The van der Waals surface area contributed by atoms with Gasteiger partial charge >= 0.3 is 0 Å². The van der Waals surface area contributed by atoms with Gasteiger partial charge in [0.2, 0.25) is 0 Å². The van der Waals surface area contributed by atoms with Crippen molar-refractivity contribution in [3.05, 3.63) is 89.5 Å². The fourth-order valence-corrected chi connectivity index (χ4v) is 3.41. The van der Waals surface area contributed by atoms with Crippen LogP contribution in [0.15, 0.2) is 103 Å². The molecule has 0 unspecified atom stereocenters. The van der Waals surface area contributed by atoms with Crippen LogP contribution in [-0.4, -0.2) is 54.7 Å². The van der Waals surface area contributed by atoms with Gasteiger partial charge in [0.25, 0.3) is 23.1 Å². The van der Waals surface area contributed by atoms with Crippen molar-refractivity contribution in [3.8, 4) is 17.2 Å². The molecule has 0 bridgehead atoms. The second-order valence-corrected chi connectivity index (χ2v) is 8.93. The van der Waals surface area contributed by atoms with Gasteiger partial charge in [-0.25, -0.2) is 0 Å². The van der Waals surface area contributed by atoms with Gasteiger partial charge < -0.3 is 14.2 Å². The lowest BCUT2D eigenvalue weighted by molar-refractivity contribution is 0.0985. The summed E-state index contributed by atoms with van der Waals surface area (Å²) in [6, 6.07) is 19.3. The third-order valence-corrected chi connectivity index (χ3v) is 5.60. The summed E-state index contributed by atoms with van der Waals surface area (Å²) in [5, 5.41) is 22.9. The molecule has 0 N–H and O–H groups in total. The topological polar surface area (TPSA) is 153 Å². The number of hydrogen-bond donors (Lipinski definition) is 0. The minimum absolute atomic E-state index is 0.0625. The maximum Gasteiger partial charge on any atom is 0.298 e. The molecular weight excluding hydrogens is 508 g/mol. The van der Waals surface area contributed by atoms with Crippen LogP contribution < -0.4 is 14.2 Å². The molecule has 0 aliphatic carbocycles. The molecule has 3 amide bonds. The van der Waals surface area contributed by atoms with Crippen molar-refractivity contribution in [1.29, 1.82) is 0 Å². The second-order valence-electron chi connectivity index (χ2n) is 7.59. The summed E-state index contributed by atoms with van der Waals surface area (Å²) in [5.41, 5.74) is -1.47. The molecule has 194 valence electrons. The average Bonchev–Trinajstić information content (AvgIpc) is 2.97. The van der Waals surface area contributed by atoms with Crippen LogP contribution in [0.3, 0.4) is 0 Å². The van der Waals surface area contributed by atoms with Crippen LogP contribution in [0, 0.1) is 0 Å². The summed E-state index contributed by atoms with van der Waals surface area (Å²) in [6.45, 7) is 0. The Hall–Kier alpha value is -4.91. The van der Waals surface area contributed by atoms with Gasteiger partial charge in [-0.2, -0.15) is 0 Å². The molecule has 3 aromatic rings. The van der Waals surface area contributed by atoms with E-state index in [1.807, 2.05) is 0 Å². The van der Waals surface area contributed by atoms with E-state index in [1.165, 1.54) is 39.5 Å². The number of carbonyl (C=O) groups excluding carboxylic acids is 3. The lowest BCUT2D eigenvalue weighted by Crippen LogP contribution is -2.21. The molecule has 0 saturated carbocycles. The Bertz CT molecular complexity index is 1260. The minimum atomic E-state index is -1.91. The van der Waals surface area contributed by atoms with E-state index in [0.717, 1.165) is 0 Å². The van der Waals surface area contributed by atoms with Crippen molar-refractivity contribution in [2.75, 3.05) is 21.3 Å². The van der Waals surface area contributed by atoms with Gasteiger partial charge in [0, 0.05) is 0 Å². The Morgan fingerprint density at radius 3 is 1.08 bits per heavy atom. The number of hydrogen-bond acceptors (Lipinski definition) is 9. The van der Waals surface area contributed by atoms with E-state index in [1.54, 1.807) is 54.6 Å². The SMILES string of the molecule is COc1ccccc1C(=O)N=NC([SiH3])(N=NC(=O)c1ccccc1OC)N=NC(=O)c1ccccc1OC. The standard InChI is InChI=1S/C25H24N6O6Si/c1-35-19-13-7-4-10-16(19)22(32)26-29-25(38,30-27-23(33)17-11-5-8-14-20(17)36-2)31-28-24(34)18-12-6-9-15-21(18)37-3/h4-15H,1-3,38H3. The summed E-state index contributed by atoms with van der Waals surface area (Å²) in [7, 11) is 4.17. The highest BCUT2D eigenvalue weighted by molar-refractivity contribution is 6.15. The zero-order valence-corrected chi connectivity index (χ0v) is 23.1. The minimum Gasteiger partial charge on any atom is -0.496 e. The number of benzene rings is 3. The molecule has 0 spiro atoms. The molecule has 13 heteroatoms. The molecule has 3 rings (SSSR count). The van der Waals surface area contributed by atoms with E-state index >= 15 is 0 Å². The summed E-state index contributed by atoms with van der Waals surface area (Å²) in [5.74, 6) is -1.38. The lowest BCUT2D eigenvalue weighted by Gasteiger charge is -2.11. The molecule has 0 atom stereocenters. The molecule has 0 aromatic heterocycles. The first-order valence-electron chi connectivity index (χ1n) is 11.1. The van der Waals surface area contributed by atoms with Crippen LogP contribution >= 0.6 is 0 Å². The molecule has 3 aromatic carbocycles. The van der Waals surface area contributed by atoms with E-state index < -0.39 is 23.1 Å². The van der Waals surface area contributed by atoms with Gasteiger partial charge in [0.15, 0.2) is 0 Å². The number of nitrogens with zero attached hydrogens (tertiary/aromatic N) is 6. The van der Waals surface area contributed by atoms with Gasteiger partial charge in [-0.3, -0.25) is 14.4 Å². The van der Waals surface area contributed by atoms with Gasteiger partial charge in [0.1, 0.15) is 27.5 Å². The maximum absolute atomic E-state index is 12.7. The Morgan fingerprint density at radius 2 is 0.816 bits per heavy atom. The van der Waals surface area contributed by atoms with E-state index in [4.69, 9.17) is 14.2 Å². The Labute approximate surface area is 220 Å². The van der Waals surface area contributed by atoms with E-state index in [9.17, 15) is 14.4 Å². The highest BCUT2D eigenvalue weighted by Gasteiger charge is 2.26. The molecular formula is C25H24N6O6Si. The smallest absolute Gasteiger partial charge is 0.298 e. The predicted octanol–water partition coefficient (Wildman–Crippen LogP) is 3.87. The highest BCUT2D eigenvalue weighted by atomic mass is 28.1. The molecule has 0 saturated heterocycles. The first kappa shape index (κ1) is 27.7. The van der Waals surface area contributed by atoms with Crippen LogP contribution in [0.4, 0.5) is 0 Å². The van der Waals surface area contributed by atoms with E-state index in [-0.39, 0.29) is 44.2 Å². The maximum atomic E-state index is 12.7. The predicted molar refractivity (Wildman–Crippen MR) is 139 cm³/mol. The summed E-state index contributed by atoms with van der Waals surface area (Å²) >= 11 is 0. The van der Waals surface area contributed by atoms with Crippen LogP contribution in [-0.2, 0) is 0 Å². The second kappa shape index (κ2) is 12.9. The van der Waals surface area contributed by atoms with Crippen molar-refractivity contribution in [2.45, 2.75) is 5.41 Å². The van der Waals surface area contributed by atoms with Crippen LogP contribution in [0.2, 0.25) is 0 Å². The summed E-state index contributed by atoms with van der Waals surface area (Å²) in [4.78, 5) is 38.2. The number of para-hydroxylation sites is 3. The van der Waals surface area contributed by atoms with Crippen LogP contribution in [0.1, 0.15) is 31.1 Å². The molecule has 38 heavy (non-hydrogen) atoms. The van der Waals surface area contributed by atoms with Crippen molar-refractivity contribution >= 4 is 28.0 Å². The Balaban J connectivity index is 1.97. The normalized spacial score (nSPS) is 13.0. The van der Waals surface area contributed by atoms with Gasteiger partial charge in [0.05, 0.1) is 38.0 Å². The number of carbonyl (C=O) groups is 3. The van der Waals surface area contributed by atoms with Gasteiger partial charge in [-0.1, -0.05) is 36.4 Å². The monoisotopic (exact) mass is 532 g/mol. The largest absolute Gasteiger partial charge is 0.496 e. The first-order valence-corrected chi connectivity index (χ1v) is 12.1. The number of ether oxygens (including phenoxy) is 3. The van der Waals surface area contributed by atoms with Crippen LogP contribution in [0.5, 0.6) is 17.2 Å².